The monoisotopic (exact) mass is 398 g/mol. The highest BCUT2D eigenvalue weighted by atomic mass is 32.2. The van der Waals surface area contributed by atoms with Crippen LogP contribution in [0, 0.1) is 0 Å². The normalized spacial score (nSPS) is 15.3. The number of rotatable bonds is 5. The van der Waals surface area contributed by atoms with Gasteiger partial charge in [0.1, 0.15) is 11.5 Å². The molecule has 8 heteroatoms. The Kier molecular flexibility index (Phi) is 5.68. The van der Waals surface area contributed by atoms with Gasteiger partial charge in [0.2, 0.25) is 5.91 Å². The van der Waals surface area contributed by atoms with Gasteiger partial charge in [-0.25, -0.2) is 4.79 Å². The zero-order valence-corrected chi connectivity index (χ0v) is 15.5. The highest BCUT2D eigenvalue weighted by molar-refractivity contribution is 8.19. The molecule has 27 heavy (non-hydrogen) atoms. The zero-order chi connectivity index (χ0) is 19.4. The molecular weight excluding hydrogens is 384 g/mol. The van der Waals surface area contributed by atoms with Gasteiger partial charge >= 0.3 is 5.97 Å². The second-order valence-corrected chi connectivity index (χ2v) is 6.96. The Morgan fingerprint density at radius 1 is 1.11 bits per heavy atom. The van der Waals surface area contributed by atoms with Crippen molar-refractivity contribution in [3.05, 3.63) is 70.6 Å². The second kappa shape index (κ2) is 8.15. The van der Waals surface area contributed by atoms with E-state index < -0.39 is 11.9 Å². The third-order valence-electron chi connectivity index (χ3n) is 3.70. The van der Waals surface area contributed by atoms with Crippen LogP contribution in [0.2, 0.25) is 0 Å². The molecule has 1 aliphatic rings. The van der Waals surface area contributed by atoms with Crippen LogP contribution in [0.3, 0.4) is 0 Å². The van der Waals surface area contributed by atoms with E-state index in [0.29, 0.717) is 4.91 Å². The van der Waals surface area contributed by atoms with Crippen LogP contribution in [0.1, 0.15) is 15.9 Å². The van der Waals surface area contributed by atoms with E-state index in [2.05, 4.69) is 5.32 Å². The Labute approximate surface area is 164 Å². The standard InChI is InChI=1S/C19H14N2O4S2/c22-16(20-14-9-5-4-8-13(14)18(23)24)11-21-17(26)15(27-19(21)25)10-12-6-2-1-3-7-12/h1-10H,11H2,(H,20,22)(H,23,24)/b15-10+. The molecule has 6 nitrogen and oxygen atoms in total. The summed E-state index contributed by atoms with van der Waals surface area (Å²) < 4.78 is 0. The molecule has 1 fully saturated rings. The van der Waals surface area contributed by atoms with Crippen molar-refractivity contribution in [1.29, 1.82) is 0 Å². The fourth-order valence-corrected chi connectivity index (χ4v) is 3.68. The van der Waals surface area contributed by atoms with E-state index >= 15 is 0 Å². The summed E-state index contributed by atoms with van der Waals surface area (Å²) in [5.74, 6) is -1.68. The van der Waals surface area contributed by atoms with E-state index in [1.54, 1.807) is 18.2 Å². The quantitative estimate of drug-likeness (QED) is 0.587. The maximum Gasteiger partial charge on any atom is 0.337 e. The van der Waals surface area contributed by atoms with Crippen molar-refractivity contribution < 1.29 is 19.5 Å². The van der Waals surface area contributed by atoms with Crippen LogP contribution in [-0.4, -0.2) is 38.7 Å². The van der Waals surface area contributed by atoms with E-state index in [1.807, 2.05) is 30.3 Å². The number of benzene rings is 2. The minimum Gasteiger partial charge on any atom is -0.478 e. The summed E-state index contributed by atoms with van der Waals surface area (Å²) in [6, 6.07) is 15.5. The number of carbonyl (C=O) groups is 3. The molecular formula is C19H14N2O4S2. The molecule has 2 amide bonds. The molecule has 0 aliphatic carbocycles. The van der Waals surface area contributed by atoms with Crippen LogP contribution in [0.5, 0.6) is 0 Å². The lowest BCUT2D eigenvalue weighted by Crippen LogP contribution is -2.35. The maximum atomic E-state index is 12.3. The first kappa shape index (κ1) is 18.8. The largest absolute Gasteiger partial charge is 0.478 e. The highest BCUT2D eigenvalue weighted by Crippen LogP contribution is 2.33. The van der Waals surface area contributed by atoms with Crippen LogP contribution < -0.4 is 5.32 Å². The van der Waals surface area contributed by atoms with Crippen molar-refractivity contribution in [2.45, 2.75) is 0 Å². The van der Waals surface area contributed by atoms with Gasteiger partial charge < -0.3 is 10.4 Å². The molecule has 1 saturated heterocycles. The molecule has 136 valence electrons. The number of anilines is 1. The zero-order valence-electron chi connectivity index (χ0n) is 13.9. The van der Waals surface area contributed by atoms with Gasteiger partial charge in [0.25, 0.3) is 5.24 Å². The van der Waals surface area contributed by atoms with Crippen molar-refractivity contribution in [1.82, 2.24) is 4.90 Å². The number of aromatic carboxylic acids is 1. The van der Waals surface area contributed by atoms with Crippen molar-refractivity contribution in [2.24, 2.45) is 0 Å². The van der Waals surface area contributed by atoms with Gasteiger partial charge in [0.05, 0.1) is 16.2 Å². The van der Waals surface area contributed by atoms with E-state index in [4.69, 9.17) is 12.2 Å². The first-order valence-corrected chi connectivity index (χ1v) is 9.11. The predicted molar refractivity (Wildman–Crippen MR) is 109 cm³/mol. The van der Waals surface area contributed by atoms with Gasteiger partial charge in [-0.1, -0.05) is 54.7 Å². The molecule has 2 aromatic rings. The molecule has 1 heterocycles. The number of nitrogens with one attached hydrogen (secondary N) is 1. The van der Waals surface area contributed by atoms with Crippen molar-refractivity contribution >= 4 is 57.8 Å². The molecule has 0 aromatic heterocycles. The number of para-hydroxylation sites is 1. The van der Waals surface area contributed by atoms with E-state index in [0.717, 1.165) is 17.3 Å². The number of hydrogen-bond acceptors (Lipinski definition) is 5. The lowest BCUT2D eigenvalue weighted by atomic mass is 10.2. The Balaban J connectivity index is 1.71. The third-order valence-corrected chi connectivity index (χ3v) is 5.20. The molecule has 0 bridgehead atoms. The van der Waals surface area contributed by atoms with Crippen LogP contribution >= 0.6 is 24.0 Å². The smallest absolute Gasteiger partial charge is 0.337 e. The molecule has 3 rings (SSSR count). The molecule has 2 N–H and O–H groups in total. The number of thiocarbonyl (C=S) groups is 1. The third kappa shape index (κ3) is 4.42. The Bertz CT molecular complexity index is 957. The van der Waals surface area contributed by atoms with Gasteiger partial charge in [0.15, 0.2) is 0 Å². The van der Waals surface area contributed by atoms with E-state index in [9.17, 15) is 19.5 Å². The SMILES string of the molecule is O=C(CN1C(=O)S/C(=C/c2ccccc2)C1=S)Nc1ccccc1C(=O)O. The minimum absolute atomic E-state index is 0.0276. The van der Waals surface area contributed by atoms with Crippen LogP contribution in [0.15, 0.2) is 59.5 Å². The van der Waals surface area contributed by atoms with E-state index in [1.165, 1.54) is 17.0 Å². The molecule has 0 spiro atoms. The van der Waals surface area contributed by atoms with Gasteiger partial charge in [-0.3, -0.25) is 14.5 Å². The van der Waals surface area contributed by atoms with Crippen LogP contribution in [0.4, 0.5) is 10.5 Å². The average Bonchev–Trinajstić information content (AvgIpc) is 2.90. The molecule has 0 unspecified atom stereocenters. The van der Waals surface area contributed by atoms with Crippen LogP contribution in [-0.2, 0) is 4.79 Å². The Morgan fingerprint density at radius 2 is 1.78 bits per heavy atom. The number of nitrogens with zero attached hydrogens (tertiary/aromatic N) is 1. The fraction of sp³-hybridized carbons (Fsp3) is 0.0526. The molecule has 1 aliphatic heterocycles. The van der Waals surface area contributed by atoms with Crippen LogP contribution in [0.25, 0.3) is 6.08 Å². The number of carboxylic acid groups (broad SMARTS) is 1. The topological polar surface area (TPSA) is 86.7 Å². The lowest BCUT2D eigenvalue weighted by molar-refractivity contribution is -0.116. The summed E-state index contributed by atoms with van der Waals surface area (Å²) in [4.78, 5) is 37.8. The highest BCUT2D eigenvalue weighted by Gasteiger charge is 2.33. The fourth-order valence-electron chi connectivity index (χ4n) is 2.45. The summed E-state index contributed by atoms with van der Waals surface area (Å²) in [5.41, 5.74) is 1.04. The summed E-state index contributed by atoms with van der Waals surface area (Å²) in [6.45, 7) is -0.287. The molecule has 0 atom stereocenters. The molecule has 2 aromatic carbocycles. The number of carbonyl (C=O) groups excluding carboxylic acids is 2. The van der Waals surface area contributed by atoms with Gasteiger partial charge in [-0.2, -0.15) is 0 Å². The minimum atomic E-state index is -1.15. The Hall–Kier alpha value is -2.97. The molecule has 0 saturated carbocycles. The average molecular weight is 398 g/mol. The summed E-state index contributed by atoms with van der Waals surface area (Å²) in [6.07, 6.45) is 1.79. The lowest BCUT2D eigenvalue weighted by Gasteiger charge is -2.15. The van der Waals surface area contributed by atoms with Crippen molar-refractivity contribution in [3.8, 4) is 0 Å². The number of thioether (sulfide) groups is 1. The van der Waals surface area contributed by atoms with Gasteiger partial charge in [-0.15, -0.1) is 0 Å². The van der Waals surface area contributed by atoms with Gasteiger partial charge in [-0.05, 0) is 35.5 Å². The van der Waals surface area contributed by atoms with Gasteiger partial charge in [0, 0.05) is 0 Å². The Morgan fingerprint density at radius 3 is 2.48 bits per heavy atom. The molecule has 0 radical (unpaired) electrons. The van der Waals surface area contributed by atoms with Crippen molar-refractivity contribution in [2.75, 3.05) is 11.9 Å². The number of carboxylic acids is 1. The van der Waals surface area contributed by atoms with Crippen molar-refractivity contribution in [3.63, 3.8) is 0 Å². The summed E-state index contributed by atoms with van der Waals surface area (Å²) in [7, 11) is 0. The number of hydrogen-bond donors (Lipinski definition) is 2. The summed E-state index contributed by atoms with van der Waals surface area (Å²) in [5, 5.41) is 11.4. The van der Waals surface area contributed by atoms with E-state index in [-0.39, 0.29) is 28.0 Å². The second-order valence-electron chi connectivity index (χ2n) is 5.58. The number of amides is 2. The first-order valence-electron chi connectivity index (χ1n) is 7.88. The maximum absolute atomic E-state index is 12.3. The first-order chi connectivity index (χ1) is 13.0. The predicted octanol–water partition coefficient (Wildman–Crippen LogP) is 3.86. The summed E-state index contributed by atoms with van der Waals surface area (Å²) >= 11 is 6.30.